The zero-order valence-corrected chi connectivity index (χ0v) is 27.6. The molecule has 2 aliphatic rings. The molecule has 51 heavy (non-hydrogen) atoms. The van der Waals surface area contributed by atoms with Crippen LogP contribution in [-0.4, -0.2) is 87.7 Å². The number of nitrogens with two attached hydrogens (primary N) is 1. The summed E-state index contributed by atoms with van der Waals surface area (Å²) in [6.45, 7) is 4.10. The second-order valence-electron chi connectivity index (χ2n) is 12.4. The largest absolute Gasteiger partial charge is 0.542 e. The van der Waals surface area contributed by atoms with Gasteiger partial charge in [-0.15, -0.1) is 0 Å². The van der Waals surface area contributed by atoms with Crippen molar-refractivity contribution in [1.82, 2.24) is 15.0 Å². The van der Waals surface area contributed by atoms with Crippen molar-refractivity contribution in [2.75, 3.05) is 32.2 Å². The Morgan fingerprint density at radius 1 is 1.06 bits per heavy atom. The topological polar surface area (TPSA) is 193 Å². The Balaban J connectivity index is 0.000000654. The first kappa shape index (κ1) is 36.4. The maximum atomic E-state index is 14.0. The summed E-state index contributed by atoms with van der Waals surface area (Å²) in [4.78, 5) is 41.7. The van der Waals surface area contributed by atoms with Gasteiger partial charge in [0.15, 0.2) is 17.3 Å². The maximum absolute atomic E-state index is 14.0. The lowest BCUT2D eigenvalue weighted by Crippen LogP contribution is -2.56. The Labute approximate surface area is 289 Å². The number of quaternary nitrogens is 1. The third-order valence-corrected chi connectivity index (χ3v) is 8.45. The minimum atomic E-state index is -5.19. The molecular formula is C34H35F3N6O8. The standard InChI is InChI=1S/C32H34N6O6.C2HF3O2/c1-20-34-31(44-36-20)23-6-8-24(9-7-23)35-32(41)37(27(30(33)40)15-21-3-10-26(39)11-4-21)25-13-14-38(2,18-25)17-22-5-12-28-29(16-22)43-19-42-28;3-2(4,5)1(6)7/h3-12,16,25,27H,13-15,17-19H2,1-2H3,(H3-,33,34,35,36,39,40,41);(H,6,7)/t25-,27+,38?;/m1./s1. The SMILES string of the molecule is Cc1noc(-c2ccc(NC(=O)N([C@@H]3CC[N+](C)(Cc4ccc5c(c4)OCO5)C3)[C@@H](Cc3ccc(O)cc3)C(N)=O)cc2)n1.O=C([O-])C(F)(F)F. The molecule has 1 saturated heterocycles. The van der Waals surface area contributed by atoms with Gasteiger partial charge in [0.1, 0.15) is 24.3 Å². The molecule has 2 aliphatic heterocycles. The number of nitrogens with zero attached hydrogens (tertiary/aromatic N) is 4. The van der Waals surface area contributed by atoms with Crippen LogP contribution in [0.15, 0.2) is 71.3 Å². The lowest BCUT2D eigenvalue weighted by atomic mass is 10.0. The van der Waals surface area contributed by atoms with E-state index in [0.29, 0.717) is 34.9 Å². The molecule has 4 aromatic rings. The predicted octanol–water partition coefficient (Wildman–Crippen LogP) is 3.13. The average Bonchev–Trinajstić information content (AvgIpc) is 3.82. The van der Waals surface area contributed by atoms with Crippen LogP contribution in [0.5, 0.6) is 17.2 Å². The van der Waals surface area contributed by atoms with Crippen LogP contribution in [0.4, 0.5) is 23.7 Å². The lowest BCUT2D eigenvalue weighted by Gasteiger charge is -2.36. The number of halogens is 3. The van der Waals surface area contributed by atoms with E-state index in [2.05, 4.69) is 22.5 Å². The molecule has 1 unspecified atom stereocenters. The fourth-order valence-corrected chi connectivity index (χ4v) is 6.05. The number of aliphatic carboxylic acids is 1. The molecule has 0 bridgehead atoms. The highest BCUT2D eigenvalue weighted by molar-refractivity contribution is 5.94. The van der Waals surface area contributed by atoms with Gasteiger partial charge in [-0.05, 0) is 67.1 Å². The van der Waals surface area contributed by atoms with E-state index >= 15 is 0 Å². The number of aryl methyl sites for hydroxylation is 1. The van der Waals surface area contributed by atoms with Gasteiger partial charge >= 0.3 is 12.2 Å². The second-order valence-corrected chi connectivity index (χ2v) is 12.4. The number of aromatic nitrogens is 2. The van der Waals surface area contributed by atoms with Gasteiger partial charge in [-0.25, -0.2) is 4.79 Å². The summed E-state index contributed by atoms with van der Waals surface area (Å²) in [6, 6.07) is 18.0. The maximum Gasteiger partial charge on any atom is 0.430 e. The summed E-state index contributed by atoms with van der Waals surface area (Å²) in [5.74, 6) is -1.12. The summed E-state index contributed by atoms with van der Waals surface area (Å²) in [5.41, 5.74) is 9.12. The number of carbonyl (C=O) groups excluding carboxylic acids is 3. The van der Waals surface area contributed by atoms with Crippen LogP contribution < -0.4 is 25.6 Å². The number of carboxylic acid groups (broad SMARTS) is 1. The Bertz CT molecular complexity index is 1870. The van der Waals surface area contributed by atoms with Gasteiger partial charge in [-0.2, -0.15) is 18.2 Å². The molecule has 3 heterocycles. The number of benzene rings is 3. The van der Waals surface area contributed by atoms with E-state index < -0.39 is 30.1 Å². The number of phenols is 1. The van der Waals surface area contributed by atoms with Gasteiger partial charge in [0, 0.05) is 29.7 Å². The number of amides is 3. The number of aromatic hydroxyl groups is 1. The van der Waals surface area contributed by atoms with Gasteiger partial charge in [-0.1, -0.05) is 17.3 Å². The number of carboxylic acids is 1. The smallest absolute Gasteiger partial charge is 0.430 e. The molecule has 0 radical (unpaired) electrons. The number of alkyl halides is 3. The molecule has 3 amide bonds. The minimum absolute atomic E-state index is 0.116. The van der Waals surface area contributed by atoms with Crippen LogP contribution in [0.1, 0.15) is 23.4 Å². The van der Waals surface area contributed by atoms with Crippen molar-refractivity contribution in [3.63, 3.8) is 0 Å². The van der Waals surface area contributed by atoms with Crippen molar-refractivity contribution < 1.29 is 56.2 Å². The molecule has 0 saturated carbocycles. The zero-order chi connectivity index (χ0) is 36.9. The molecule has 17 heteroatoms. The third kappa shape index (κ3) is 9.24. The number of likely N-dealkylation sites (N-methyl/N-ethyl adjacent to an activating group) is 1. The molecule has 270 valence electrons. The first-order chi connectivity index (χ1) is 24.1. The number of hydrogen-bond acceptors (Lipinski definition) is 10. The number of likely N-dealkylation sites (tertiary alicyclic amines) is 1. The van der Waals surface area contributed by atoms with Gasteiger partial charge < -0.3 is 49.4 Å². The molecule has 3 aromatic carbocycles. The first-order valence-corrected chi connectivity index (χ1v) is 15.7. The molecule has 0 aliphatic carbocycles. The van der Waals surface area contributed by atoms with E-state index in [1.54, 1.807) is 60.4 Å². The van der Waals surface area contributed by atoms with Gasteiger partial charge in [0.2, 0.25) is 12.7 Å². The minimum Gasteiger partial charge on any atom is -0.542 e. The van der Waals surface area contributed by atoms with Gasteiger partial charge in [0.05, 0.1) is 26.2 Å². The van der Waals surface area contributed by atoms with E-state index in [1.165, 1.54) is 0 Å². The van der Waals surface area contributed by atoms with Crippen LogP contribution >= 0.6 is 0 Å². The predicted molar refractivity (Wildman–Crippen MR) is 172 cm³/mol. The molecule has 14 nitrogen and oxygen atoms in total. The van der Waals surface area contributed by atoms with Crippen LogP contribution in [0.25, 0.3) is 11.5 Å². The van der Waals surface area contributed by atoms with Crippen LogP contribution in [-0.2, 0) is 22.6 Å². The van der Waals surface area contributed by atoms with Gasteiger partial charge in [0.25, 0.3) is 5.89 Å². The van der Waals surface area contributed by atoms with Crippen molar-refractivity contribution in [3.05, 3.63) is 83.7 Å². The first-order valence-electron chi connectivity index (χ1n) is 15.7. The Hall–Kier alpha value is -5.84. The Kier molecular flexibility index (Phi) is 10.7. The number of primary amides is 1. The van der Waals surface area contributed by atoms with E-state index in [-0.39, 0.29) is 25.0 Å². The van der Waals surface area contributed by atoms with Crippen molar-refractivity contribution in [1.29, 1.82) is 0 Å². The van der Waals surface area contributed by atoms with E-state index in [4.69, 9.17) is 29.6 Å². The Morgan fingerprint density at radius 3 is 2.31 bits per heavy atom. The lowest BCUT2D eigenvalue weighted by molar-refractivity contribution is -0.911. The number of anilines is 1. The number of ether oxygens (including phenoxy) is 2. The van der Waals surface area contributed by atoms with Crippen LogP contribution in [0.3, 0.4) is 0 Å². The quantitative estimate of drug-likeness (QED) is 0.217. The normalized spacial score (nSPS) is 18.3. The van der Waals surface area contributed by atoms with Crippen molar-refractivity contribution in [2.45, 2.75) is 44.6 Å². The highest BCUT2D eigenvalue weighted by Crippen LogP contribution is 2.35. The number of phenolic OH excluding ortho intramolecular Hbond substituents is 1. The van der Waals surface area contributed by atoms with Crippen molar-refractivity contribution in [2.24, 2.45) is 5.73 Å². The highest BCUT2D eigenvalue weighted by atomic mass is 19.4. The Morgan fingerprint density at radius 2 is 1.71 bits per heavy atom. The fraction of sp³-hybridized carbons (Fsp3) is 0.324. The number of hydrogen-bond donors (Lipinski definition) is 3. The summed E-state index contributed by atoms with van der Waals surface area (Å²) in [7, 11) is 2.15. The number of nitrogens with one attached hydrogen (secondary N) is 1. The number of carbonyl (C=O) groups is 3. The molecule has 6 rings (SSSR count). The van der Waals surface area contributed by atoms with Gasteiger partial charge in [-0.3, -0.25) is 4.79 Å². The van der Waals surface area contributed by atoms with Crippen LogP contribution in [0.2, 0.25) is 0 Å². The fourth-order valence-electron chi connectivity index (χ4n) is 6.05. The van der Waals surface area contributed by atoms with Crippen LogP contribution in [0, 0.1) is 6.92 Å². The average molecular weight is 713 g/mol. The zero-order valence-electron chi connectivity index (χ0n) is 27.6. The molecule has 3 atom stereocenters. The van der Waals surface area contributed by atoms with E-state index in [0.717, 1.165) is 41.3 Å². The van der Waals surface area contributed by atoms with Crippen molar-refractivity contribution >= 4 is 23.6 Å². The molecule has 1 aromatic heterocycles. The summed E-state index contributed by atoms with van der Waals surface area (Å²) in [6.07, 6.45) is -4.30. The number of rotatable bonds is 9. The monoisotopic (exact) mass is 712 g/mol. The summed E-state index contributed by atoms with van der Waals surface area (Å²) >= 11 is 0. The number of urea groups is 1. The third-order valence-electron chi connectivity index (χ3n) is 8.45. The van der Waals surface area contributed by atoms with Crippen molar-refractivity contribution in [3.8, 4) is 28.7 Å². The summed E-state index contributed by atoms with van der Waals surface area (Å²) in [5, 5.41) is 25.3. The molecule has 4 N–H and O–H groups in total. The summed E-state index contributed by atoms with van der Waals surface area (Å²) < 4.78 is 48.5. The number of fused-ring (bicyclic) bond motifs is 1. The molecular weight excluding hydrogens is 677 g/mol. The highest BCUT2D eigenvalue weighted by Gasteiger charge is 2.44. The molecule has 0 spiro atoms. The van der Waals surface area contributed by atoms with E-state index in [1.807, 2.05) is 18.2 Å². The van der Waals surface area contributed by atoms with E-state index in [9.17, 15) is 27.9 Å². The molecule has 1 fully saturated rings. The second kappa shape index (κ2) is 15.0.